The van der Waals surface area contributed by atoms with Gasteiger partial charge in [0.1, 0.15) is 17.7 Å². The van der Waals surface area contributed by atoms with Crippen molar-refractivity contribution in [3.63, 3.8) is 0 Å². The van der Waals surface area contributed by atoms with E-state index in [1.165, 1.54) is 0 Å². The van der Waals surface area contributed by atoms with Crippen LogP contribution in [-0.4, -0.2) is 40.4 Å². The summed E-state index contributed by atoms with van der Waals surface area (Å²) in [5.74, 6) is 3.25. The Hall–Kier alpha value is -2.09. The third-order valence-corrected chi connectivity index (χ3v) is 4.20. The molecule has 0 amide bonds. The first-order chi connectivity index (χ1) is 11.5. The Bertz CT molecular complexity index is 700. The Labute approximate surface area is 150 Å². The molecule has 0 fully saturated rings. The van der Waals surface area contributed by atoms with Gasteiger partial charge in [0.25, 0.3) is 0 Å². The number of aryl methyl sites for hydroxylation is 1. The molecule has 0 spiro atoms. The number of nitrogens with zero attached hydrogens (tertiary/aromatic N) is 4. The maximum absolute atomic E-state index is 5.91. The number of hydrogen-bond acceptors (Lipinski definition) is 4. The Morgan fingerprint density at radius 3 is 2.71 bits per heavy atom. The maximum atomic E-state index is 5.91. The first-order valence-electron chi connectivity index (χ1n) is 7.71. The lowest BCUT2D eigenvalue weighted by atomic mass is 10.3. The van der Waals surface area contributed by atoms with Crippen LogP contribution in [0.3, 0.4) is 0 Å². The minimum atomic E-state index is -0.0145. The third-order valence-electron chi connectivity index (χ3n) is 3.54. The normalized spacial score (nSPS) is 12.8. The van der Waals surface area contributed by atoms with Crippen LogP contribution >= 0.6 is 15.9 Å². The van der Waals surface area contributed by atoms with E-state index < -0.39 is 0 Å². The summed E-state index contributed by atoms with van der Waals surface area (Å²) in [6.07, 6.45) is -0.0145. The highest BCUT2D eigenvalue weighted by Gasteiger charge is 2.09. The molecule has 1 aromatic heterocycles. The van der Waals surface area contributed by atoms with Crippen LogP contribution in [0.5, 0.6) is 5.75 Å². The largest absolute Gasteiger partial charge is 0.488 e. The van der Waals surface area contributed by atoms with Crippen molar-refractivity contribution in [3.05, 3.63) is 40.4 Å². The second-order valence-electron chi connectivity index (χ2n) is 5.39. The second-order valence-corrected chi connectivity index (χ2v) is 6.24. The van der Waals surface area contributed by atoms with Crippen LogP contribution in [0.2, 0.25) is 0 Å². The molecule has 0 radical (unpaired) electrons. The topological polar surface area (TPSA) is 76.4 Å². The maximum Gasteiger partial charge on any atom is 0.191 e. The molecule has 0 saturated carbocycles. The number of aliphatic imine (C=N–C) groups is 1. The lowest BCUT2D eigenvalue weighted by Crippen LogP contribution is -2.41. The first-order valence-corrected chi connectivity index (χ1v) is 8.51. The molecule has 2 rings (SSSR count). The molecule has 1 heterocycles. The summed E-state index contributed by atoms with van der Waals surface area (Å²) in [6.45, 7) is 5.10. The number of rotatable bonds is 6. The molecule has 8 heteroatoms. The SMILES string of the molecule is CN=C(NCc1nnc(C)n1C)NCC(C)Oc1ccccc1Br. The quantitative estimate of drug-likeness (QED) is 0.578. The van der Waals surface area contributed by atoms with Gasteiger partial charge in [-0.15, -0.1) is 10.2 Å². The summed E-state index contributed by atoms with van der Waals surface area (Å²) in [4.78, 5) is 4.21. The molecular formula is C16H23BrN6O. The zero-order valence-corrected chi connectivity index (χ0v) is 16.0. The van der Waals surface area contributed by atoms with Crippen molar-refractivity contribution in [2.45, 2.75) is 26.5 Å². The third kappa shape index (κ3) is 4.95. The molecule has 0 bridgehead atoms. The van der Waals surface area contributed by atoms with Crippen molar-refractivity contribution in [2.24, 2.45) is 12.0 Å². The average Bonchev–Trinajstić information content (AvgIpc) is 2.89. The summed E-state index contributed by atoms with van der Waals surface area (Å²) in [5, 5.41) is 14.6. The highest BCUT2D eigenvalue weighted by atomic mass is 79.9. The van der Waals surface area contributed by atoms with Crippen LogP contribution in [0, 0.1) is 6.92 Å². The van der Waals surface area contributed by atoms with Gasteiger partial charge in [0.2, 0.25) is 0 Å². The highest BCUT2D eigenvalue weighted by Crippen LogP contribution is 2.24. The number of halogens is 1. The molecule has 1 unspecified atom stereocenters. The minimum Gasteiger partial charge on any atom is -0.488 e. The Kier molecular flexibility index (Phi) is 6.60. The molecule has 0 aliphatic heterocycles. The van der Waals surface area contributed by atoms with Gasteiger partial charge in [-0.2, -0.15) is 0 Å². The van der Waals surface area contributed by atoms with Crippen molar-refractivity contribution in [1.82, 2.24) is 25.4 Å². The fourth-order valence-corrected chi connectivity index (χ4v) is 2.41. The van der Waals surface area contributed by atoms with E-state index in [0.29, 0.717) is 19.0 Å². The second kappa shape index (κ2) is 8.68. The van der Waals surface area contributed by atoms with Gasteiger partial charge in [0, 0.05) is 14.1 Å². The number of guanidine groups is 1. The van der Waals surface area contributed by atoms with Crippen LogP contribution in [0.15, 0.2) is 33.7 Å². The van der Waals surface area contributed by atoms with Gasteiger partial charge >= 0.3 is 0 Å². The smallest absolute Gasteiger partial charge is 0.191 e. The lowest BCUT2D eigenvalue weighted by Gasteiger charge is -2.18. The molecule has 1 aromatic carbocycles. The zero-order valence-electron chi connectivity index (χ0n) is 14.4. The summed E-state index contributed by atoms with van der Waals surface area (Å²) < 4.78 is 8.79. The summed E-state index contributed by atoms with van der Waals surface area (Å²) in [5.41, 5.74) is 0. The molecule has 0 aliphatic rings. The predicted molar refractivity (Wildman–Crippen MR) is 98.2 cm³/mol. The van der Waals surface area contributed by atoms with Crippen molar-refractivity contribution >= 4 is 21.9 Å². The molecule has 24 heavy (non-hydrogen) atoms. The number of nitrogens with one attached hydrogen (secondary N) is 2. The minimum absolute atomic E-state index is 0.0145. The Balaban J connectivity index is 1.81. The van der Waals surface area contributed by atoms with Crippen molar-refractivity contribution in [2.75, 3.05) is 13.6 Å². The lowest BCUT2D eigenvalue weighted by molar-refractivity contribution is 0.222. The van der Waals surface area contributed by atoms with Crippen LogP contribution in [0.1, 0.15) is 18.6 Å². The summed E-state index contributed by atoms with van der Waals surface area (Å²) >= 11 is 3.48. The average molecular weight is 395 g/mol. The molecule has 2 N–H and O–H groups in total. The molecule has 1 atom stereocenters. The summed E-state index contributed by atoms with van der Waals surface area (Å²) in [6, 6.07) is 7.80. The molecule has 130 valence electrons. The number of aromatic nitrogens is 3. The standard InChI is InChI=1S/C16H23BrN6O/c1-11(24-14-8-6-5-7-13(14)17)9-19-16(18-3)20-10-15-22-21-12(2)23(15)4/h5-8,11H,9-10H2,1-4H3,(H2,18,19,20). The number of para-hydroxylation sites is 1. The van der Waals surface area contributed by atoms with Gasteiger partial charge in [0.05, 0.1) is 17.6 Å². The molecule has 7 nitrogen and oxygen atoms in total. The van der Waals surface area contributed by atoms with Crippen LogP contribution in [-0.2, 0) is 13.6 Å². The zero-order chi connectivity index (χ0) is 17.5. The fraction of sp³-hybridized carbons (Fsp3) is 0.438. The number of benzene rings is 1. The highest BCUT2D eigenvalue weighted by molar-refractivity contribution is 9.10. The summed E-state index contributed by atoms with van der Waals surface area (Å²) in [7, 11) is 3.67. The monoisotopic (exact) mass is 394 g/mol. The first kappa shape index (κ1) is 18.3. The van der Waals surface area contributed by atoms with Gasteiger partial charge in [-0.1, -0.05) is 12.1 Å². The van der Waals surface area contributed by atoms with Crippen molar-refractivity contribution in [1.29, 1.82) is 0 Å². The molecule has 2 aromatic rings. The van der Waals surface area contributed by atoms with Gasteiger partial charge in [-0.25, -0.2) is 0 Å². The fourth-order valence-electron chi connectivity index (χ4n) is 2.03. The number of hydrogen-bond donors (Lipinski definition) is 2. The van der Waals surface area contributed by atoms with Crippen molar-refractivity contribution in [3.8, 4) is 5.75 Å². The van der Waals surface area contributed by atoms with Crippen LogP contribution < -0.4 is 15.4 Å². The van der Waals surface area contributed by atoms with E-state index in [-0.39, 0.29) is 6.10 Å². The molecule has 0 aliphatic carbocycles. The van der Waals surface area contributed by atoms with Crippen LogP contribution in [0.4, 0.5) is 0 Å². The van der Waals surface area contributed by atoms with Gasteiger partial charge in [0.15, 0.2) is 11.8 Å². The van der Waals surface area contributed by atoms with Crippen LogP contribution in [0.25, 0.3) is 0 Å². The number of ether oxygens (including phenoxy) is 1. The van der Waals surface area contributed by atoms with E-state index in [4.69, 9.17) is 4.74 Å². The van der Waals surface area contributed by atoms with E-state index in [2.05, 4.69) is 41.8 Å². The van der Waals surface area contributed by atoms with Gasteiger partial charge in [-0.05, 0) is 41.9 Å². The van der Waals surface area contributed by atoms with Gasteiger partial charge < -0.3 is 19.9 Å². The van der Waals surface area contributed by atoms with E-state index in [0.717, 1.165) is 21.9 Å². The van der Waals surface area contributed by atoms with E-state index in [1.807, 2.05) is 49.7 Å². The van der Waals surface area contributed by atoms with E-state index in [9.17, 15) is 0 Å². The Morgan fingerprint density at radius 2 is 2.08 bits per heavy atom. The molecular weight excluding hydrogens is 372 g/mol. The Morgan fingerprint density at radius 1 is 1.33 bits per heavy atom. The molecule has 0 saturated heterocycles. The predicted octanol–water partition coefficient (Wildman–Crippen LogP) is 2.02. The van der Waals surface area contributed by atoms with Gasteiger partial charge in [-0.3, -0.25) is 4.99 Å². The van der Waals surface area contributed by atoms with E-state index in [1.54, 1.807) is 7.05 Å². The van der Waals surface area contributed by atoms with Crippen molar-refractivity contribution < 1.29 is 4.74 Å². The van der Waals surface area contributed by atoms with E-state index >= 15 is 0 Å².